The van der Waals surface area contributed by atoms with Crippen LogP contribution in [0.5, 0.6) is 46.0 Å². The van der Waals surface area contributed by atoms with E-state index in [-0.39, 0.29) is 45.8 Å². The summed E-state index contributed by atoms with van der Waals surface area (Å²) in [6, 6.07) is 20.3. The lowest BCUT2D eigenvalue weighted by Crippen LogP contribution is -2.45. The summed E-state index contributed by atoms with van der Waals surface area (Å²) in [6.45, 7) is 1.93. The van der Waals surface area contributed by atoms with Gasteiger partial charge in [0, 0.05) is 34.9 Å². The minimum atomic E-state index is -1.76. The number of rotatable bonds is 3. The normalized spacial score (nSPS) is 16.2. The SMILES string of the molecule is Cc1cc2c3c(c1)-c1c(O)cc(/C=C/c4ccc(O)cc4O)cc1OC3(c1ccc(O)cc1O)Oc1cc(O)ccc1-2. The molecular weight excluding hydrogens is 536 g/mol. The van der Waals surface area contributed by atoms with Gasteiger partial charge in [-0.15, -0.1) is 0 Å². The van der Waals surface area contributed by atoms with E-state index in [1.807, 2.05) is 19.1 Å². The molecule has 5 aromatic rings. The van der Waals surface area contributed by atoms with Crippen LogP contribution in [0.3, 0.4) is 0 Å². The van der Waals surface area contributed by atoms with Crippen molar-refractivity contribution < 1.29 is 40.1 Å². The molecule has 208 valence electrons. The highest BCUT2D eigenvalue weighted by Gasteiger charge is 2.52. The van der Waals surface area contributed by atoms with E-state index in [1.165, 1.54) is 36.4 Å². The molecule has 1 atom stereocenters. The van der Waals surface area contributed by atoms with Crippen molar-refractivity contribution in [3.63, 3.8) is 0 Å². The molecule has 42 heavy (non-hydrogen) atoms. The summed E-state index contributed by atoms with van der Waals surface area (Å²) in [7, 11) is 0. The summed E-state index contributed by atoms with van der Waals surface area (Å²) in [4.78, 5) is 0. The highest BCUT2D eigenvalue weighted by atomic mass is 16.7. The number of phenolic OH excluding ortho intramolecular Hbond substituents is 6. The van der Waals surface area contributed by atoms with Crippen LogP contribution in [0.4, 0.5) is 0 Å². The Kier molecular flexibility index (Phi) is 5.33. The number of aromatic hydroxyl groups is 6. The van der Waals surface area contributed by atoms with E-state index in [1.54, 1.807) is 42.5 Å². The van der Waals surface area contributed by atoms with Crippen LogP contribution < -0.4 is 9.47 Å². The van der Waals surface area contributed by atoms with Crippen LogP contribution in [0.1, 0.15) is 27.8 Å². The van der Waals surface area contributed by atoms with Gasteiger partial charge in [0.25, 0.3) is 0 Å². The van der Waals surface area contributed by atoms with Crippen molar-refractivity contribution in [2.75, 3.05) is 0 Å². The molecule has 0 aliphatic carbocycles. The summed E-state index contributed by atoms with van der Waals surface area (Å²) in [6.07, 6.45) is 3.30. The lowest BCUT2D eigenvalue weighted by atomic mass is 9.78. The lowest BCUT2D eigenvalue weighted by molar-refractivity contribution is -0.0893. The number of ether oxygens (including phenoxy) is 2. The van der Waals surface area contributed by atoms with Gasteiger partial charge >= 0.3 is 5.79 Å². The molecule has 8 nitrogen and oxygen atoms in total. The summed E-state index contributed by atoms with van der Waals surface area (Å²) >= 11 is 0. The summed E-state index contributed by atoms with van der Waals surface area (Å²) < 4.78 is 13.2. The van der Waals surface area contributed by atoms with E-state index < -0.39 is 5.79 Å². The van der Waals surface area contributed by atoms with Gasteiger partial charge in [0.2, 0.25) is 0 Å². The average molecular weight is 561 g/mol. The quantitative estimate of drug-likeness (QED) is 0.134. The van der Waals surface area contributed by atoms with Gasteiger partial charge in [0.1, 0.15) is 46.0 Å². The zero-order valence-electron chi connectivity index (χ0n) is 22.2. The van der Waals surface area contributed by atoms with Crippen LogP contribution >= 0.6 is 0 Å². The van der Waals surface area contributed by atoms with Gasteiger partial charge in [0.15, 0.2) is 0 Å². The molecule has 7 rings (SSSR count). The Morgan fingerprint density at radius 2 is 1.24 bits per heavy atom. The second kappa shape index (κ2) is 8.87. The molecule has 0 saturated heterocycles. The van der Waals surface area contributed by atoms with Crippen LogP contribution in [0, 0.1) is 6.92 Å². The maximum absolute atomic E-state index is 11.4. The predicted octanol–water partition coefficient (Wildman–Crippen LogP) is 6.72. The highest BCUT2D eigenvalue weighted by Crippen LogP contribution is 2.60. The third-order valence-corrected chi connectivity index (χ3v) is 7.55. The van der Waals surface area contributed by atoms with Crippen LogP contribution in [0.15, 0.2) is 78.9 Å². The number of hydrogen-bond acceptors (Lipinski definition) is 8. The number of benzene rings is 5. The molecule has 0 radical (unpaired) electrons. The van der Waals surface area contributed by atoms with E-state index in [4.69, 9.17) is 9.47 Å². The zero-order chi connectivity index (χ0) is 29.3. The molecule has 0 aromatic heterocycles. The van der Waals surface area contributed by atoms with E-state index in [2.05, 4.69) is 0 Å². The van der Waals surface area contributed by atoms with Crippen molar-refractivity contribution in [3.8, 4) is 68.2 Å². The number of hydrogen-bond donors (Lipinski definition) is 6. The molecule has 0 amide bonds. The second-order valence-corrected chi connectivity index (χ2v) is 10.4. The van der Waals surface area contributed by atoms with Gasteiger partial charge in [-0.2, -0.15) is 0 Å². The fourth-order valence-electron chi connectivity index (χ4n) is 5.77. The topological polar surface area (TPSA) is 140 Å². The first kappa shape index (κ1) is 25.2. The highest BCUT2D eigenvalue weighted by molar-refractivity contribution is 5.92. The standard InChI is InChI=1S/C34H24O8/c1-17-10-24-23-8-6-22(37)16-30(23)41-34(26-9-7-21(36)15-28(26)39)33(24)25(11-17)32-29(40)12-18(13-31(32)42-34)2-3-19-4-5-20(35)14-27(19)38/h2-16,35-40H,1H3/b3-2+. The van der Waals surface area contributed by atoms with Crippen LogP contribution in [-0.4, -0.2) is 30.6 Å². The van der Waals surface area contributed by atoms with Crippen LogP contribution in [0.2, 0.25) is 0 Å². The molecule has 2 aliphatic heterocycles. The second-order valence-electron chi connectivity index (χ2n) is 10.4. The first-order valence-corrected chi connectivity index (χ1v) is 13.1. The van der Waals surface area contributed by atoms with Crippen molar-refractivity contribution in [2.24, 2.45) is 0 Å². The molecule has 0 bridgehead atoms. The first-order valence-electron chi connectivity index (χ1n) is 13.1. The number of phenols is 6. The van der Waals surface area contributed by atoms with Crippen molar-refractivity contribution >= 4 is 12.2 Å². The minimum Gasteiger partial charge on any atom is -0.508 e. The van der Waals surface area contributed by atoms with E-state index in [0.29, 0.717) is 39.1 Å². The van der Waals surface area contributed by atoms with Gasteiger partial charge in [-0.05, 0) is 72.1 Å². The number of fused-ring (bicyclic) bond motifs is 4. The smallest absolute Gasteiger partial charge is 0.310 e. The summed E-state index contributed by atoms with van der Waals surface area (Å²) in [5.41, 5.74) is 5.13. The molecule has 1 unspecified atom stereocenters. The fourth-order valence-corrected chi connectivity index (χ4v) is 5.77. The third kappa shape index (κ3) is 3.77. The Morgan fingerprint density at radius 1 is 0.571 bits per heavy atom. The largest absolute Gasteiger partial charge is 0.508 e. The van der Waals surface area contributed by atoms with Crippen molar-refractivity contribution in [2.45, 2.75) is 12.7 Å². The monoisotopic (exact) mass is 560 g/mol. The average Bonchev–Trinajstić information content (AvgIpc) is 2.91. The zero-order valence-corrected chi connectivity index (χ0v) is 22.2. The van der Waals surface area contributed by atoms with Crippen LogP contribution in [0.25, 0.3) is 34.4 Å². The van der Waals surface area contributed by atoms with Gasteiger partial charge in [0.05, 0.1) is 16.7 Å². The van der Waals surface area contributed by atoms with Gasteiger partial charge in [-0.25, -0.2) is 0 Å². The Labute approximate surface area is 239 Å². The third-order valence-electron chi connectivity index (χ3n) is 7.55. The predicted molar refractivity (Wildman–Crippen MR) is 156 cm³/mol. The van der Waals surface area contributed by atoms with E-state index in [0.717, 1.165) is 11.1 Å². The molecule has 5 aromatic carbocycles. The minimum absolute atomic E-state index is 0.0195. The molecule has 6 N–H and O–H groups in total. The van der Waals surface area contributed by atoms with Crippen molar-refractivity contribution in [1.29, 1.82) is 0 Å². The van der Waals surface area contributed by atoms with Gasteiger partial charge in [-0.3, -0.25) is 0 Å². The first-order chi connectivity index (χ1) is 20.1. The summed E-state index contributed by atoms with van der Waals surface area (Å²) in [5, 5.41) is 62.6. The lowest BCUT2D eigenvalue weighted by Gasteiger charge is -2.44. The van der Waals surface area contributed by atoms with Gasteiger partial charge in [-0.1, -0.05) is 24.3 Å². The van der Waals surface area contributed by atoms with Gasteiger partial charge < -0.3 is 40.1 Å². The van der Waals surface area contributed by atoms with E-state index >= 15 is 0 Å². The summed E-state index contributed by atoms with van der Waals surface area (Å²) in [5.74, 6) is -1.86. The Bertz CT molecular complexity index is 1980. The number of aryl methyl sites for hydroxylation is 1. The Morgan fingerprint density at radius 3 is 2.00 bits per heavy atom. The molecule has 0 fully saturated rings. The van der Waals surface area contributed by atoms with E-state index in [9.17, 15) is 30.6 Å². The molecule has 0 saturated carbocycles. The maximum Gasteiger partial charge on any atom is 0.310 e. The molecule has 2 aliphatic rings. The Hall–Kier alpha value is -5.76. The van der Waals surface area contributed by atoms with Crippen molar-refractivity contribution in [1.82, 2.24) is 0 Å². The Balaban J connectivity index is 1.49. The van der Waals surface area contributed by atoms with Crippen LogP contribution in [-0.2, 0) is 5.79 Å². The maximum atomic E-state index is 11.4. The fraction of sp³-hybridized carbons (Fsp3) is 0.0588. The molecule has 2 heterocycles. The molecule has 0 spiro atoms. The molecule has 8 heteroatoms. The molecular formula is C34H24O8. The van der Waals surface area contributed by atoms with Crippen molar-refractivity contribution in [3.05, 3.63) is 107 Å².